The van der Waals surface area contributed by atoms with Crippen LogP contribution in [0.15, 0.2) is 18.2 Å². The van der Waals surface area contributed by atoms with Gasteiger partial charge in [-0.3, -0.25) is 9.69 Å². The van der Waals surface area contributed by atoms with Crippen LogP contribution in [0, 0.1) is 6.92 Å². The normalized spacial score (nSPS) is 16.9. The fourth-order valence-electron chi connectivity index (χ4n) is 2.81. The number of nitrogens with one attached hydrogen (secondary N) is 1. The molecule has 0 radical (unpaired) electrons. The van der Waals surface area contributed by atoms with Gasteiger partial charge in [0.25, 0.3) is 5.91 Å². The summed E-state index contributed by atoms with van der Waals surface area (Å²) < 4.78 is 0. The summed E-state index contributed by atoms with van der Waals surface area (Å²) in [6.45, 7) is 12.2. The number of hydrogen-bond donors (Lipinski definition) is 1. The van der Waals surface area contributed by atoms with Gasteiger partial charge in [0, 0.05) is 50.0 Å². The molecule has 1 heterocycles. The number of anilines is 1. The molecule has 1 aliphatic rings. The molecule has 0 atom stereocenters. The Hall–Kier alpha value is -1.55. The van der Waals surface area contributed by atoms with Crippen molar-refractivity contribution in [3.8, 4) is 0 Å². The first-order valence-corrected chi connectivity index (χ1v) is 7.65. The summed E-state index contributed by atoms with van der Waals surface area (Å²) in [7, 11) is 1.89. The van der Waals surface area contributed by atoms with Gasteiger partial charge in [0.15, 0.2) is 0 Å². The summed E-state index contributed by atoms with van der Waals surface area (Å²) in [6, 6.07) is 5.92. The van der Waals surface area contributed by atoms with E-state index >= 15 is 0 Å². The van der Waals surface area contributed by atoms with Crippen molar-refractivity contribution in [1.29, 1.82) is 0 Å². The highest BCUT2D eigenvalue weighted by Gasteiger charge is 2.28. The first kappa shape index (κ1) is 15.8. The Balaban J connectivity index is 2.05. The van der Waals surface area contributed by atoms with E-state index in [1.54, 1.807) is 0 Å². The van der Waals surface area contributed by atoms with Crippen LogP contribution in [-0.2, 0) is 0 Å². The number of piperazine rings is 1. The minimum atomic E-state index is 0.156. The largest absolute Gasteiger partial charge is 0.388 e. The third kappa shape index (κ3) is 3.56. The second-order valence-corrected chi connectivity index (χ2v) is 6.73. The van der Waals surface area contributed by atoms with E-state index in [1.165, 1.54) is 0 Å². The van der Waals surface area contributed by atoms with Crippen molar-refractivity contribution in [2.24, 2.45) is 0 Å². The third-order valence-electron chi connectivity index (χ3n) is 4.26. The quantitative estimate of drug-likeness (QED) is 0.909. The highest BCUT2D eigenvalue weighted by Crippen LogP contribution is 2.20. The number of aryl methyl sites for hydroxylation is 1. The topological polar surface area (TPSA) is 35.6 Å². The minimum absolute atomic E-state index is 0.156. The Morgan fingerprint density at radius 1 is 1.14 bits per heavy atom. The van der Waals surface area contributed by atoms with Crippen LogP contribution in [0.4, 0.5) is 5.69 Å². The fraction of sp³-hybridized carbons (Fsp3) is 0.588. The molecule has 1 fully saturated rings. The molecule has 1 aromatic carbocycles. The number of rotatable bonds is 2. The van der Waals surface area contributed by atoms with Crippen molar-refractivity contribution in [2.45, 2.75) is 33.2 Å². The Kier molecular flexibility index (Phi) is 4.57. The monoisotopic (exact) mass is 289 g/mol. The van der Waals surface area contributed by atoms with Crippen molar-refractivity contribution < 1.29 is 4.79 Å². The Bertz CT molecular complexity index is 511. The lowest BCUT2D eigenvalue weighted by molar-refractivity contribution is 0.0450. The Morgan fingerprint density at radius 2 is 1.76 bits per heavy atom. The van der Waals surface area contributed by atoms with Crippen molar-refractivity contribution in [3.63, 3.8) is 0 Å². The molecule has 4 heteroatoms. The molecule has 1 N–H and O–H groups in total. The number of amides is 1. The molecule has 116 valence electrons. The number of benzene rings is 1. The van der Waals surface area contributed by atoms with Crippen LogP contribution in [0.25, 0.3) is 0 Å². The number of carbonyl (C=O) groups is 1. The molecule has 0 spiro atoms. The second kappa shape index (κ2) is 6.06. The maximum atomic E-state index is 12.7. The zero-order valence-electron chi connectivity index (χ0n) is 13.9. The summed E-state index contributed by atoms with van der Waals surface area (Å²) >= 11 is 0. The lowest BCUT2D eigenvalue weighted by atomic mass is 10.0. The number of hydrogen-bond acceptors (Lipinski definition) is 3. The highest BCUT2D eigenvalue weighted by molar-refractivity contribution is 5.96. The van der Waals surface area contributed by atoms with Gasteiger partial charge in [-0.1, -0.05) is 0 Å². The highest BCUT2D eigenvalue weighted by atomic mass is 16.2. The van der Waals surface area contributed by atoms with E-state index in [0.29, 0.717) is 0 Å². The summed E-state index contributed by atoms with van der Waals surface area (Å²) in [5, 5.41) is 3.10. The molecular weight excluding hydrogens is 262 g/mol. The van der Waals surface area contributed by atoms with Crippen LogP contribution in [-0.4, -0.2) is 54.5 Å². The van der Waals surface area contributed by atoms with Gasteiger partial charge in [-0.05, 0) is 51.5 Å². The average Bonchev–Trinajstić information content (AvgIpc) is 2.45. The van der Waals surface area contributed by atoms with Gasteiger partial charge in [0.1, 0.15) is 0 Å². The fourth-order valence-corrected chi connectivity index (χ4v) is 2.81. The standard InChI is InChI=1S/C17H27N3O/c1-13-12-14(18-5)6-7-15(13)16(21)19-8-10-20(11-9-19)17(2,3)4/h6-7,12,18H,8-11H2,1-5H3. The van der Waals surface area contributed by atoms with Gasteiger partial charge in [0.05, 0.1) is 0 Å². The van der Waals surface area contributed by atoms with Crippen molar-refractivity contribution >= 4 is 11.6 Å². The lowest BCUT2D eigenvalue weighted by Crippen LogP contribution is -2.54. The number of carbonyl (C=O) groups excluding carboxylic acids is 1. The van der Waals surface area contributed by atoms with Gasteiger partial charge in [0.2, 0.25) is 0 Å². The van der Waals surface area contributed by atoms with Crippen molar-refractivity contribution in [2.75, 3.05) is 38.5 Å². The molecule has 21 heavy (non-hydrogen) atoms. The van der Waals surface area contributed by atoms with Gasteiger partial charge >= 0.3 is 0 Å². The van der Waals surface area contributed by atoms with Crippen molar-refractivity contribution in [1.82, 2.24) is 9.80 Å². The smallest absolute Gasteiger partial charge is 0.254 e. The summed E-state index contributed by atoms with van der Waals surface area (Å²) in [5.41, 5.74) is 3.07. The Labute approximate surface area is 128 Å². The predicted octanol–water partition coefficient (Wildman–Crippen LogP) is 2.59. The average molecular weight is 289 g/mol. The lowest BCUT2D eigenvalue weighted by Gasteiger charge is -2.42. The van der Waals surface area contributed by atoms with Crippen LogP contribution in [0.2, 0.25) is 0 Å². The van der Waals surface area contributed by atoms with E-state index in [-0.39, 0.29) is 11.4 Å². The second-order valence-electron chi connectivity index (χ2n) is 6.73. The van der Waals surface area contributed by atoms with Crippen LogP contribution >= 0.6 is 0 Å². The van der Waals surface area contributed by atoms with Gasteiger partial charge in [-0.15, -0.1) is 0 Å². The van der Waals surface area contributed by atoms with Crippen LogP contribution in [0.5, 0.6) is 0 Å². The molecule has 1 aliphatic heterocycles. The first-order valence-electron chi connectivity index (χ1n) is 7.65. The molecule has 1 aromatic rings. The maximum absolute atomic E-state index is 12.7. The van der Waals surface area contributed by atoms with Gasteiger partial charge < -0.3 is 10.2 Å². The van der Waals surface area contributed by atoms with E-state index in [9.17, 15) is 4.79 Å². The summed E-state index contributed by atoms with van der Waals surface area (Å²) in [5.74, 6) is 0.156. The zero-order chi connectivity index (χ0) is 15.6. The van der Waals surface area contributed by atoms with E-state index in [0.717, 1.165) is 43.0 Å². The Morgan fingerprint density at radius 3 is 2.24 bits per heavy atom. The molecule has 0 aliphatic carbocycles. The molecule has 4 nitrogen and oxygen atoms in total. The molecule has 0 saturated carbocycles. The third-order valence-corrected chi connectivity index (χ3v) is 4.26. The molecule has 0 bridgehead atoms. The van der Waals surface area contributed by atoms with E-state index in [4.69, 9.17) is 0 Å². The molecule has 1 amide bonds. The van der Waals surface area contributed by atoms with Crippen molar-refractivity contribution in [3.05, 3.63) is 29.3 Å². The maximum Gasteiger partial charge on any atom is 0.254 e. The molecular formula is C17H27N3O. The summed E-state index contributed by atoms with van der Waals surface area (Å²) in [6.07, 6.45) is 0. The summed E-state index contributed by atoms with van der Waals surface area (Å²) in [4.78, 5) is 17.1. The van der Waals surface area contributed by atoms with Crippen LogP contribution in [0.3, 0.4) is 0 Å². The zero-order valence-corrected chi connectivity index (χ0v) is 13.9. The predicted molar refractivity (Wildman–Crippen MR) is 88.0 cm³/mol. The molecule has 2 rings (SSSR count). The van der Waals surface area contributed by atoms with E-state index < -0.39 is 0 Å². The molecule has 0 unspecified atom stereocenters. The minimum Gasteiger partial charge on any atom is -0.388 e. The molecule has 1 saturated heterocycles. The van der Waals surface area contributed by atoms with Crippen LogP contribution < -0.4 is 5.32 Å². The SMILES string of the molecule is CNc1ccc(C(=O)N2CCN(C(C)(C)C)CC2)c(C)c1. The van der Waals surface area contributed by atoms with E-state index in [1.807, 2.05) is 37.1 Å². The van der Waals surface area contributed by atoms with Gasteiger partial charge in [-0.25, -0.2) is 0 Å². The molecule has 0 aromatic heterocycles. The first-order chi connectivity index (χ1) is 9.82. The van der Waals surface area contributed by atoms with Gasteiger partial charge in [-0.2, -0.15) is 0 Å². The van der Waals surface area contributed by atoms with Crippen LogP contribution in [0.1, 0.15) is 36.7 Å². The van der Waals surface area contributed by atoms with E-state index in [2.05, 4.69) is 31.0 Å². The number of nitrogens with zero attached hydrogens (tertiary/aromatic N) is 2.